The Labute approximate surface area is 119 Å². The summed E-state index contributed by atoms with van der Waals surface area (Å²) in [6.45, 7) is 2.09. The highest BCUT2D eigenvalue weighted by Gasteiger charge is 2.21. The molecule has 2 aromatic rings. The first-order chi connectivity index (χ1) is 9.72. The maximum Gasteiger partial charge on any atom is 0.239 e. The normalized spacial score (nSPS) is 13.7. The number of carbonyl (C=O) groups is 1. The van der Waals surface area contributed by atoms with Gasteiger partial charge in [0.05, 0.1) is 0 Å². The largest absolute Gasteiger partial charge is 0.368 e. The van der Waals surface area contributed by atoms with Gasteiger partial charge in [-0.1, -0.05) is 67.6 Å². The van der Waals surface area contributed by atoms with Gasteiger partial charge in [-0.05, 0) is 17.5 Å². The smallest absolute Gasteiger partial charge is 0.239 e. The first kappa shape index (κ1) is 14.3. The van der Waals surface area contributed by atoms with E-state index in [0.29, 0.717) is 0 Å². The molecule has 0 bridgehead atoms. The molecule has 1 amide bonds. The van der Waals surface area contributed by atoms with Crippen LogP contribution in [0, 0.1) is 0 Å². The third kappa shape index (κ3) is 3.45. The molecule has 2 atom stereocenters. The van der Waals surface area contributed by atoms with Crippen LogP contribution in [0.4, 0.5) is 0 Å². The number of amides is 1. The van der Waals surface area contributed by atoms with E-state index in [1.54, 1.807) is 0 Å². The van der Waals surface area contributed by atoms with Crippen molar-refractivity contribution >= 4 is 5.91 Å². The summed E-state index contributed by atoms with van der Waals surface area (Å²) in [5.41, 5.74) is 7.61. The van der Waals surface area contributed by atoms with Crippen molar-refractivity contribution in [3.63, 3.8) is 0 Å². The van der Waals surface area contributed by atoms with Crippen molar-refractivity contribution in [2.45, 2.75) is 25.4 Å². The fourth-order valence-corrected chi connectivity index (χ4v) is 2.32. The minimum absolute atomic E-state index is 0.105. The minimum atomic E-state index is -0.471. The average molecular weight is 268 g/mol. The summed E-state index contributed by atoms with van der Waals surface area (Å²) in [4.78, 5) is 11.7. The number of primary amides is 1. The van der Waals surface area contributed by atoms with Gasteiger partial charge in [0.25, 0.3) is 0 Å². The second-order valence-corrected chi connectivity index (χ2v) is 4.78. The molecular weight excluding hydrogens is 248 g/mol. The van der Waals surface area contributed by atoms with Crippen LogP contribution in [-0.2, 0) is 4.79 Å². The molecule has 0 saturated carbocycles. The lowest BCUT2D eigenvalue weighted by Crippen LogP contribution is -2.35. The summed E-state index contributed by atoms with van der Waals surface area (Å²) in [6.07, 6.45) is 0.890. The molecule has 104 valence electrons. The topological polar surface area (TPSA) is 55.1 Å². The van der Waals surface area contributed by atoms with E-state index < -0.39 is 6.04 Å². The summed E-state index contributed by atoms with van der Waals surface area (Å²) >= 11 is 0. The van der Waals surface area contributed by atoms with E-state index in [-0.39, 0.29) is 11.9 Å². The molecule has 0 heterocycles. The van der Waals surface area contributed by atoms with Crippen LogP contribution in [0.3, 0.4) is 0 Å². The summed E-state index contributed by atoms with van der Waals surface area (Å²) in [7, 11) is 0. The number of hydrogen-bond acceptors (Lipinski definition) is 2. The molecule has 0 aliphatic heterocycles. The molecule has 0 saturated heterocycles. The molecule has 0 aliphatic rings. The Morgan fingerprint density at radius 3 is 1.95 bits per heavy atom. The number of hydrogen-bond donors (Lipinski definition) is 2. The highest BCUT2D eigenvalue weighted by molar-refractivity contribution is 5.81. The van der Waals surface area contributed by atoms with Gasteiger partial charge in [0.15, 0.2) is 0 Å². The molecule has 0 fully saturated rings. The fraction of sp³-hybridized carbons (Fsp3) is 0.235. The zero-order chi connectivity index (χ0) is 14.4. The van der Waals surface area contributed by atoms with E-state index in [0.717, 1.165) is 17.5 Å². The lowest BCUT2D eigenvalue weighted by molar-refractivity contribution is -0.120. The van der Waals surface area contributed by atoms with Gasteiger partial charge in [-0.2, -0.15) is 0 Å². The predicted molar refractivity (Wildman–Crippen MR) is 81.0 cm³/mol. The van der Waals surface area contributed by atoms with Gasteiger partial charge in [0, 0.05) is 6.04 Å². The molecule has 0 aliphatic carbocycles. The van der Waals surface area contributed by atoms with Crippen LogP contribution in [0.1, 0.15) is 36.6 Å². The Bertz CT molecular complexity index is 539. The second kappa shape index (κ2) is 6.87. The van der Waals surface area contributed by atoms with Crippen LogP contribution in [0.5, 0.6) is 0 Å². The molecule has 0 spiro atoms. The molecule has 2 rings (SSSR count). The first-order valence-electron chi connectivity index (χ1n) is 6.87. The molecule has 20 heavy (non-hydrogen) atoms. The van der Waals surface area contributed by atoms with Gasteiger partial charge in [-0.25, -0.2) is 0 Å². The van der Waals surface area contributed by atoms with Crippen LogP contribution in [-0.4, -0.2) is 5.91 Å². The van der Waals surface area contributed by atoms with Crippen molar-refractivity contribution in [3.05, 3.63) is 71.8 Å². The first-order valence-corrected chi connectivity index (χ1v) is 6.87. The van der Waals surface area contributed by atoms with Gasteiger partial charge in [-0.15, -0.1) is 0 Å². The Morgan fingerprint density at radius 1 is 1.00 bits per heavy atom. The van der Waals surface area contributed by atoms with E-state index in [2.05, 4.69) is 24.4 Å². The number of benzene rings is 2. The average Bonchev–Trinajstić information content (AvgIpc) is 2.50. The Morgan fingerprint density at radius 2 is 1.50 bits per heavy atom. The van der Waals surface area contributed by atoms with Crippen molar-refractivity contribution in [1.82, 2.24) is 5.32 Å². The maximum atomic E-state index is 11.7. The van der Waals surface area contributed by atoms with Crippen molar-refractivity contribution in [2.24, 2.45) is 5.73 Å². The zero-order valence-corrected chi connectivity index (χ0v) is 11.6. The monoisotopic (exact) mass is 268 g/mol. The van der Waals surface area contributed by atoms with Gasteiger partial charge in [0.1, 0.15) is 6.04 Å². The van der Waals surface area contributed by atoms with Crippen molar-refractivity contribution < 1.29 is 4.79 Å². The second-order valence-electron chi connectivity index (χ2n) is 4.78. The maximum absolute atomic E-state index is 11.7. The predicted octanol–water partition coefficient (Wildman–Crippen LogP) is 2.95. The number of carbonyl (C=O) groups excluding carboxylic acids is 1. The van der Waals surface area contributed by atoms with Crippen LogP contribution >= 0.6 is 0 Å². The molecule has 3 nitrogen and oxygen atoms in total. The van der Waals surface area contributed by atoms with E-state index in [1.807, 2.05) is 48.5 Å². The summed E-state index contributed by atoms with van der Waals surface area (Å²) in [5.74, 6) is -0.356. The van der Waals surface area contributed by atoms with Crippen molar-refractivity contribution in [1.29, 1.82) is 0 Å². The molecule has 3 heteroatoms. The molecular formula is C17H20N2O. The number of nitrogens with two attached hydrogens (primary N) is 1. The Balaban J connectivity index is 2.21. The van der Waals surface area contributed by atoms with Crippen molar-refractivity contribution in [2.75, 3.05) is 0 Å². The van der Waals surface area contributed by atoms with E-state index in [9.17, 15) is 4.79 Å². The molecule has 0 radical (unpaired) electrons. The highest BCUT2D eigenvalue weighted by atomic mass is 16.1. The van der Waals surface area contributed by atoms with Crippen LogP contribution in [0.25, 0.3) is 0 Å². The van der Waals surface area contributed by atoms with Gasteiger partial charge >= 0.3 is 0 Å². The Hall–Kier alpha value is -2.13. The van der Waals surface area contributed by atoms with Gasteiger partial charge < -0.3 is 5.73 Å². The minimum Gasteiger partial charge on any atom is -0.368 e. The van der Waals surface area contributed by atoms with Crippen LogP contribution in [0.2, 0.25) is 0 Å². The third-order valence-corrected chi connectivity index (χ3v) is 3.40. The van der Waals surface area contributed by atoms with E-state index in [4.69, 9.17) is 5.73 Å². The molecule has 2 unspecified atom stereocenters. The van der Waals surface area contributed by atoms with E-state index >= 15 is 0 Å². The SMILES string of the molecule is CCC(NC(C(N)=O)c1ccccc1)c1ccccc1. The van der Waals surface area contributed by atoms with Crippen LogP contribution < -0.4 is 11.1 Å². The van der Waals surface area contributed by atoms with Gasteiger partial charge in [0.2, 0.25) is 5.91 Å². The molecule has 2 aromatic carbocycles. The summed E-state index contributed by atoms with van der Waals surface area (Å²) < 4.78 is 0. The molecule has 3 N–H and O–H groups in total. The molecule has 0 aromatic heterocycles. The van der Waals surface area contributed by atoms with Gasteiger partial charge in [-0.3, -0.25) is 10.1 Å². The quantitative estimate of drug-likeness (QED) is 0.846. The standard InChI is InChI=1S/C17H20N2O/c1-2-15(13-9-5-3-6-10-13)19-16(17(18)20)14-11-7-4-8-12-14/h3-12,15-16,19H,2H2,1H3,(H2,18,20). The lowest BCUT2D eigenvalue weighted by atomic mass is 10.0. The summed E-state index contributed by atoms with van der Waals surface area (Å²) in [6, 6.07) is 19.3. The summed E-state index contributed by atoms with van der Waals surface area (Å²) in [5, 5.41) is 3.36. The Kier molecular flexibility index (Phi) is 4.91. The third-order valence-electron chi connectivity index (χ3n) is 3.40. The van der Waals surface area contributed by atoms with E-state index in [1.165, 1.54) is 0 Å². The lowest BCUT2D eigenvalue weighted by Gasteiger charge is -2.23. The fourth-order valence-electron chi connectivity index (χ4n) is 2.32. The highest BCUT2D eigenvalue weighted by Crippen LogP contribution is 2.22. The number of nitrogens with one attached hydrogen (secondary N) is 1. The van der Waals surface area contributed by atoms with Crippen LogP contribution in [0.15, 0.2) is 60.7 Å². The number of rotatable bonds is 6. The zero-order valence-electron chi connectivity index (χ0n) is 11.6. The van der Waals surface area contributed by atoms with Crippen molar-refractivity contribution in [3.8, 4) is 0 Å².